The third kappa shape index (κ3) is 4.17. The van der Waals surface area contributed by atoms with Crippen molar-refractivity contribution in [2.75, 3.05) is 12.4 Å². The second kappa shape index (κ2) is 8.37. The number of fused-ring (bicyclic) bond motifs is 1. The third-order valence-corrected chi connectivity index (χ3v) is 5.10. The molecule has 6 nitrogen and oxygen atoms in total. The lowest BCUT2D eigenvalue weighted by molar-refractivity contribution is 0.102. The van der Waals surface area contributed by atoms with Crippen molar-refractivity contribution >= 4 is 22.6 Å². The van der Waals surface area contributed by atoms with Gasteiger partial charge >= 0.3 is 0 Å². The Balaban J connectivity index is 1.50. The minimum Gasteiger partial charge on any atom is -0.497 e. The second-order valence-corrected chi connectivity index (χ2v) is 7.53. The Morgan fingerprint density at radius 2 is 1.77 bits per heavy atom. The van der Waals surface area contributed by atoms with E-state index < -0.39 is 0 Å². The number of benzene rings is 3. The molecule has 0 saturated heterocycles. The van der Waals surface area contributed by atoms with Crippen LogP contribution in [-0.2, 0) is 6.54 Å². The molecule has 1 N–H and O–H groups in total. The van der Waals surface area contributed by atoms with Crippen molar-refractivity contribution in [3.8, 4) is 5.75 Å². The van der Waals surface area contributed by atoms with Gasteiger partial charge in [-0.1, -0.05) is 43.3 Å². The summed E-state index contributed by atoms with van der Waals surface area (Å²) >= 11 is 0. The zero-order chi connectivity index (χ0) is 21.1. The number of carbonyl (C=O) groups is 1. The van der Waals surface area contributed by atoms with Crippen molar-refractivity contribution in [1.29, 1.82) is 0 Å². The normalized spacial score (nSPS) is 11.1. The Labute approximate surface area is 175 Å². The smallest absolute Gasteiger partial charge is 0.255 e. The summed E-state index contributed by atoms with van der Waals surface area (Å²) in [5.74, 6) is 1.10. The predicted octanol–water partition coefficient (Wildman–Crippen LogP) is 4.86. The molecule has 0 spiro atoms. The Morgan fingerprint density at radius 3 is 2.43 bits per heavy atom. The number of nitrogens with one attached hydrogen (secondary N) is 1. The molecular formula is C24H24N4O2. The van der Waals surface area contributed by atoms with Gasteiger partial charge in [-0.05, 0) is 59.5 Å². The van der Waals surface area contributed by atoms with Crippen molar-refractivity contribution in [2.24, 2.45) is 0 Å². The molecule has 0 aliphatic rings. The van der Waals surface area contributed by atoms with Crippen LogP contribution in [0.5, 0.6) is 5.75 Å². The number of rotatable bonds is 6. The van der Waals surface area contributed by atoms with E-state index in [0.717, 1.165) is 22.5 Å². The summed E-state index contributed by atoms with van der Waals surface area (Å²) in [5.41, 5.74) is 5.21. The first-order chi connectivity index (χ1) is 14.5. The highest BCUT2D eigenvalue weighted by Crippen LogP contribution is 2.20. The Kier molecular flexibility index (Phi) is 5.48. The second-order valence-electron chi connectivity index (χ2n) is 7.53. The maximum atomic E-state index is 12.7. The highest BCUT2D eigenvalue weighted by Gasteiger charge is 2.11. The van der Waals surface area contributed by atoms with Crippen LogP contribution in [0.4, 0.5) is 5.69 Å². The van der Waals surface area contributed by atoms with E-state index in [2.05, 4.69) is 29.5 Å². The summed E-state index contributed by atoms with van der Waals surface area (Å²) in [7, 11) is 1.65. The number of ether oxygens (including phenoxy) is 1. The molecule has 0 unspecified atom stereocenters. The molecule has 1 aromatic heterocycles. The van der Waals surface area contributed by atoms with Gasteiger partial charge in [-0.3, -0.25) is 4.79 Å². The van der Waals surface area contributed by atoms with Crippen molar-refractivity contribution < 1.29 is 9.53 Å². The Hall–Kier alpha value is -3.67. The van der Waals surface area contributed by atoms with Gasteiger partial charge < -0.3 is 10.1 Å². The molecule has 1 amide bonds. The van der Waals surface area contributed by atoms with Gasteiger partial charge in [0.15, 0.2) is 0 Å². The number of anilines is 1. The molecule has 4 aromatic rings. The fraction of sp³-hybridized carbons (Fsp3) is 0.208. The van der Waals surface area contributed by atoms with Gasteiger partial charge in [0.25, 0.3) is 5.91 Å². The fourth-order valence-electron chi connectivity index (χ4n) is 3.29. The number of carbonyl (C=O) groups excluding carboxylic acids is 1. The first-order valence-electron chi connectivity index (χ1n) is 9.91. The lowest BCUT2D eigenvalue weighted by Gasteiger charge is -2.09. The van der Waals surface area contributed by atoms with Crippen LogP contribution in [0.25, 0.3) is 11.0 Å². The molecule has 0 fully saturated rings. The number of aromatic nitrogens is 3. The monoisotopic (exact) mass is 400 g/mol. The van der Waals surface area contributed by atoms with E-state index in [1.807, 2.05) is 59.3 Å². The van der Waals surface area contributed by atoms with Crippen LogP contribution in [-0.4, -0.2) is 28.0 Å². The molecule has 30 heavy (non-hydrogen) atoms. The van der Waals surface area contributed by atoms with E-state index >= 15 is 0 Å². The van der Waals surface area contributed by atoms with Gasteiger partial charge in [-0.25, -0.2) is 4.68 Å². The van der Waals surface area contributed by atoms with E-state index in [9.17, 15) is 4.79 Å². The maximum Gasteiger partial charge on any atom is 0.255 e. The topological polar surface area (TPSA) is 69.0 Å². The average Bonchev–Trinajstić information content (AvgIpc) is 3.16. The predicted molar refractivity (Wildman–Crippen MR) is 118 cm³/mol. The zero-order valence-corrected chi connectivity index (χ0v) is 17.3. The molecule has 0 saturated carbocycles. The molecule has 152 valence electrons. The summed E-state index contributed by atoms with van der Waals surface area (Å²) < 4.78 is 7.02. The summed E-state index contributed by atoms with van der Waals surface area (Å²) in [6, 6.07) is 21.2. The molecule has 3 aromatic carbocycles. The van der Waals surface area contributed by atoms with Gasteiger partial charge in [0, 0.05) is 11.3 Å². The average molecular weight is 400 g/mol. The molecule has 1 heterocycles. The van der Waals surface area contributed by atoms with Crippen LogP contribution < -0.4 is 10.1 Å². The van der Waals surface area contributed by atoms with Crippen LogP contribution in [0.3, 0.4) is 0 Å². The lowest BCUT2D eigenvalue weighted by Crippen LogP contribution is -2.11. The summed E-state index contributed by atoms with van der Waals surface area (Å²) in [6.07, 6.45) is 0. The quantitative estimate of drug-likeness (QED) is 0.502. The summed E-state index contributed by atoms with van der Waals surface area (Å²) in [5, 5.41) is 11.4. The molecule has 0 aliphatic carbocycles. The number of nitrogens with zero attached hydrogens (tertiary/aromatic N) is 3. The van der Waals surface area contributed by atoms with E-state index in [4.69, 9.17) is 4.74 Å². The summed E-state index contributed by atoms with van der Waals surface area (Å²) in [6.45, 7) is 4.88. The third-order valence-electron chi connectivity index (χ3n) is 5.10. The molecule has 4 rings (SSSR count). The first-order valence-corrected chi connectivity index (χ1v) is 9.91. The summed E-state index contributed by atoms with van der Waals surface area (Å²) in [4.78, 5) is 12.7. The van der Waals surface area contributed by atoms with E-state index in [0.29, 0.717) is 23.5 Å². The highest BCUT2D eigenvalue weighted by atomic mass is 16.5. The standard InChI is InChI=1S/C24H24N4O2/c1-16(2)18-6-9-20(10-7-18)25-24(29)19-8-13-23-22(14-19)26-27-28(23)15-17-4-11-21(30-3)12-5-17/h4-14,16H,15H2,1-3H3,(H,25,29). The van der Waals surface area contributed by atoms with Crippen molar-refractivity contribution in [1.82, 2.24) is 15.0 Å². The number of methoxy groups -OCH3 is 1. The van der Waals surface area contributed by atoms with Gasteiger partial charge in [-0.15, -0.1) is 5.10 Å². The van der Waals surface area contributed by atoms with Gasteiger partial charge in [0.1, 0.15) is 11.3 Å². The lowest BCUT2D eigenvalue weighted by atomic mass is 10.0. The highest BCUT2D eigenvalue weighted by molar-refractivity contribution is 6.05. The molecule has 6 heteroatoms. The number of hydrogen-bond acceptors (Lipinski definition) is 4. The van der Waals surface area contributed by atoms with Crippen molar-refractivity contribution in [2.45, 2.75) is 26.3 Å². The van der Waals surface area contributed by atoms with E-state index in [-0.39, 0.29) is 5.91 Å². The van der Waals surface area contributed by atoms with Gasteiger partial charge in [0.05, 0.1) is 19.2 Å². The minimum atomic E-state index is -0.168. The van der Waals surface area contributed by atoms with Crippen LogP contribution in [0.2, 0.25) is 0 Å². The zero-order valence-electron chi connectivity index (χ0n) is 17.3. The molecule has 0 radical (unpaired) electrons. The Morgan fingerprint density at radius 1 is 1.03 bits per heavy atom. The van der Waals surface area contributed by atoms with Crippen molar-refractivity contribution in [3.63, 3.8) is 0 Å². The minimum absolute atomic E-state index is 0.168. The van der Waals surface area contributed by atoms with E-state index in [1.54, 1.807) is 19.2 Å². The van der Waals surface area contributed by atoms with Gasteiger partial charge in [0.2, 0.25) is 0 Å². The number of amides is 1. The fourth-order valence-corrected chi connectivity index (χ4v) is 3.29. The van der Waals surface area contributed by atoms with Crippen molar-refractivity contribution in [3.05, 3.63) is 83.4 Å². The molecule has 0 bridgehead atoms. The number of hydrogen-bond donors (Lipinski definition) is 1. The van der Waals surface area contributed by atoms with Crippen LogP contribution >= 0.6 is 0 Å². The van der Waals surface area contributed by atoms with Crippen LogP contribution in [0.15, 0.2) is 66.7 Å². The Bertz CT molecular complexity index is 1160. The van der Waals surface area contributed by atoms with Gasteiger partial charge in [-0.2, -0.15) is 0 Å². The molecular weight excluding hydrogens is 376 g/mol. The van der Waals surface area contributed by atoms with Crippen LogP contribution in [0, 0.1) is 0 Å². The molecule has 0 aliphatic heterocycles. The molecule has 0 atom stereocenters. The maximum absolute atomic E-state index is 12.7. The van der Waals surface area contributed by atoms with Crippen LogP contribution in [0.1, 0.15) is 41.3 Å². The first kappa shape index (κ1) is 19.6. The largest absolute Gasteiger partial charge is 0.497 e. The van der Waals surface area contributed by atoms with E-state index in [1.165, 1.54) is 5.56 Å². The SMILES string of the molecule is COc1ccc(Cn2nnc3cc(C(=O)Nc4ccc(C(C)C)cc4)ccc32)cc1.